The van der Waals surface area contributed by atoms with Crippen molar-refractivity contribution in [3.63, 3.8) is 0 Å². The molecule has 1 aromatic carbocycles. The Kier molecular flexibility index (Phi) is 3.67. The van der Waals surface area contributed by atoms with Gasteiger partial charge in [-0.3, -0.25) is 4.79 Å². The van der Waals surface area contributed by atoms with Crippen molar-refractivity contribution in [2.75, 3.05) is 11.9 Å². The zero-order valence-electron chi connectivity index (χ0n) is 12.5. The van der Waals surface area contributed by atoms with Crippen molar-refractivity contribution >= 4 is 35.0 Å². The molecule has 1 atom stereocenters. The molecule has 1 amide bonds. The number of nitrogens with zero attached hydrogens (tertiary/aromatic N) is 3. The number of amides is 1. The fourth-order valence-electron chi connectivity index (χ4n) is 3.05. The van der Waals surface area contributed by atoms with Crippen LogP contribution in [-0.4, -0.2) is 35.4 Å². The van der Waals surface area contributed by atoms with Gasteiger partial charge in [0.15, 0.2) is 5.84 Å². The Hall–Kier alpha value is -2.47. The summed E-state index contributed by atoms with van der Waals surface area (Å²) >= 11 is 1.62. The number of carbonyl (C=O) groups excluding carboxylic acids is 1. The van der Waals surface area contributed by atoms with E-state index in [0.29, 0.717) is 5.56 Å². The zero-order valence-corrected chi connectivity index (χ0v) is 13.3. The first-order chi connectivity index (χ1) is 11.3. The van der Waals surface area contributed by atoms with Crippen LogP contribution in [-0.2, 0) is 0 Å². The van der Waals surface area contributed by atoms with Gasteiger partial charge in [-0.05, 0) is 36.4 Å². The van der Waals surface area contributed by atoms with Crippen LogP contribution in [0.2, 0.25) is 0 Å². The minimum atomic E-state index is -0.0182. The fourth-order valence-corrected chi connectivity index (χ4v) is 3.63. The molecule has 2 aliphatic rings. The van der Waals surface area contributed by atoms with Crippen molar-refractivity contribution in [2.24, 2.45) is 10.2 Å². The van der Waals surface area contributed by atoms with E-state index in [9.17, 15) is 4.79 Å². The van der Waals surface area contributed by atoms with Gasteiger partial charge in [-0.15, -0.1) is 16.4 Å². The van der Waals surface area contributed by atoms with Crippen LogP contribution in [0.25, 0.3) is 0 Å². The van der Waals surface area contributed by atoms with Crippen LogP contribution < -0.4 is 5.32 Å². The molecule has 0 spiro atoms. The second-order valence-electron chi connectivity index (χ2n) is 5.57. The molecule has 6 heteroatoms. The van der Waals surface area contributed by atoms with Crippen molar-refractivity contribution < 1.29 is 4.79 Å². The van der Waals surface area contributed by atoms with E-state index in [1.165, 1.54) is 0 Å². The lowest BCUT2D eigenvalue weighted by Gasteiger charge is -2.21. The third kappa shape index (κ3) is 2.66. The van der Waals surface area contributed by atoms with Gasteiger partial charge in [-0.1, -0.05) is 18.2 Å². The molecule has 1 N–H and O–H groups in total. The highest BCUT2D eigenvalue weighted by Gasteiger charge is 2.37. The van der Waals surface area contributed by atoms with E-state index in [0.717, 1.165) is 35.8 Å². The predicted molar refractivity (Wildman–Crippen MR) is 93.5 cm³/mol. The number of anilines is 1. The molecular formula is C17H16N4OS. The standard InChI is InChI=1S/C17H16N4OS/c22-17-13-6-1-2-7-14(13)19-16(15-8-3-9-21(15)17)20-18-11-12-5-4-10-23-12/h1-2,4-7,10-11,15H,3,8-9H2,(H,19,20)/t15-/m0/s1. The minimum absolute atomic E-state index is 0.0182. The van der Waals surface area contributed by atoms with Crippen LogP contribution in [0.5, 0.6) is 0 Å². The van der Waals surface area contributed by atoms with E-state index >= 15 is 0 Å². The molecule has 0 radical (unpaired) electrons. The van der Waals surface area contributed by atoms with Gasteiger partial charge >= 0.3 is 0 Å². The molecule has 1 fully saturated rings. The number of carbonyl (C=O) groups is 1. The van der Waals surface area contributed by atoms with Crippen molar-refractivity contribution in [1.82, 2.24) is 4.90 Å². The van der Waals surface area contributed by atoms with E-state index in [-0.39, 0.29) is 11.9 Å². The van der Waals surface area contributed by atoms with Crippen molar-refractivity contribution in [3.05, 3.63) is 52.2 Å². The van der Waals surface area contributed by atoms with Gasteiger partial charge in [0.25, 0.3) is 5.91 Å². The Labute approximate surface area is 138 Å². The average Bonchev–Trinajstić information content (AvgIpc) is 3.23. The van der Waals surface area contributed by atoms with Gasteiger partial charge in [0, 0.05) is 11.4 Å². The third-order valence-electron chi connectivity index (χ3n) is 4.14. The molecule has 0 unspecified atom stereocenters. The summed E-state index contributed by atoms with van der Waals surface area (Å²) in [6, 6.07) is 11.5. The van der Waals surface area contributed by atoms with Crippen LogP contribution in [0.15, 0.2) is 52.0 Å². The summed E-state index contributed by atoms with van der Waals surface area (Å²) in [7, 11) is 0. The number of para-hydroxylation sites is 1. The molecule has 0 saturated carbocycles. The summed E-state index contributed by atoms with van der Waals surface area (Å²) in [5, 5.41) is 13.9. The summed E-state index contributed by atoms with van der Waals surface area (Å²) in [6.07, 6.45) is 3.66. The van der Waals surface area contributed by atoms with Crippen LogP contribution >= 0.6 is 11.3 Å². The van der Waals surface area contributed by atoms with Gasteiger partial charge in [0.05, 0.1) is 23.5 Å². The third-order valence-corrected chi connectivity index (χ3v) is 4.95. The second kappa shape index (κ2) is 5.96. The first kappa shape index (κ1) is 14.1. The van der Waals surface area contributed by atoms with Gasteiger partial charge in [0.2, 0.25) is 0 Å². The number of hydrogen-bond donors (Lipinski definition) is 1. The number of hydrogen-bond acceptors (Lipinski definition) is 4. The number of fused-ring (bicyclic) bond motifs is 2. The number of nitrogens with one attached hydrogen (secondary N) is 1. The second-order valence-corrected chi connectivity index (χ2v) is 6.55. The smallest absolute Gasteiger partial charge is 0.256 e. The van der Waals surface area contributed by atoms with Crippen LogP contribution in [0.1, 0.15) is 28.1 Å². The number of amidine groups is 1. The maximum Gasteiger partial charge on any atom is 0.256 e. The van der Waals surface area contributed by atoms with E-state index in [4.69, 9.17) is 0 Å². The summed E-state index contributed by atoms with van der Waals surface area (Å²) in [4.78, 5) is 15.7. The lowest BCUT2D eigenvalue weighted by molar-refractivity contribution is 0.0773. The maximum absolute atomic E-state index is 12.7. The summed E-state index contributed by atoms with van der Waals surface area (Å²) in [5.41, 5.74) is 1.50. The molecular weight excluding hydrogens is 308 g/mol. The first-order valence-corrected chi connectivity index (χ1v) is 8.52. The van der Waals surface area contributed by atoms with Gasteiger partial charge in [-0.25, -0.2) is 0 Å². The Morgan fingerprint density at radius 1 is 1.26 bits per heavy atom. The first-order valence-electron chi connectivity index (χ1n) is 7.64. The molecule has 23 heavy (non-hydrogen) atoms. The van der Waals surface area contributed by atoms with E-state index in [1.807, 2.05) is 46.7 Å². The van der Waals surface area contributed by atoms with Crippen molar-refractivity contribution in [3.8, 4) is 0 Å². The highest BCUT2D eigenvalue weighted by molar-refractivity contribution is 7.11. The molecule has 2 aromatic rings. The summed E-state index contributed by atoms with van der Waals surface area (Å²) in [6.45, 7) is 0.771. The summed E-state index contributed by atoms with van der Waals surface area (Å²) < 4.78 is 0. The minimum Gasteiger partial charge on any atom is -0.340 e. The molecule has 1 saturated heterocycles. The lowest BCUT2D eigenvalue weighted by Crippen LogP contribution is -2.40. The van der Waals surface area contributed by atoms with Gasteiger partial charge in [0.1, 0.15) is 0 Å². The quantitative estimate of drug-likeness (QED) is 0.681. The monoisotopic (exact) mass is 324 g/mol. The van der Waals surface area contributed by atoms with Crippen molar-refractivity contribution in [1.29, 1.82) is 0 Å². The molecule has 3 heterocycles. The molecule has 4 rings (SSSR count). The number of benzene rings is 1. The highest BCUT2D eigenvalue weighted by atomic mass is 32.1. The van der Waals surface area contributed by atoms with Crippen LogP contribution in [0, 0.1) is 0 Å². The predicted octanol–water partition coefficient (Wildman–Crippen LogP) is 3.21. The molecule has 5 nitrogen and oxygen atoms in total. The van der Waals surface area contributed by atoms with Crippen LogP contribution in [0.4, 0.5) is 5.69 Å². The van der Waals surface area contributed by atoms with E-state index < -0.39 is 0 Å². The summed E-state index contributed by atoms with van der Waals surface area (Å²) in [5.74, 6) is 0.816. The van der Waals surface area contributed by atoms with E-state index in [2.05, 4.69) is 15.5 Å². The Morgan fingerprint density at radius 2 is 2.17 bits per heavy atom. The lowest BCUT2D eigenvalue weighted by atomic mass is 10.1. The fraction of sp³-hybridized carbons (Fsp3) is 0.235. The molecule has 1 aromatic heterocycles. The highest BCUT2D eigenvalue weighted by Crippen LogP contribution is 2.29. The van der Waals surface area contributed by atoms with Gasteiger partial charge < -0.3 is 10.2 Å². The molecule has 0 bridgehead atoms. The topological polar surface area (TPSA) is 57.1 Å². The Morgan fingerprint density at radius 3 is 3.04 bits per heavy atom. The normalized spacial score (nSPS) is 22.1. The van der Waals surface area contributed by atoms with Crippen molar-refractivity contribution in [2.45, 2.75) is 18.9 Å². The Balaban J connectivity index is 1.70. The van der Waals surface area contributed by atoms with Crippen LogP contribution in [0.3, 0.4) is 0 Å². The maximum atomic E-state index is 12.7. The zero-order chi connectivity index (χ0) is 15.6. The Bertz CT molecular complexity index is 782. The molecule has 116 valence electrons. The largest absolute Gasteiger partial charge is 0.340 e. The van der Waals surface area contributed by atoms with Gasteiger partial charge in [-0.2, -0.15) is 5.10 Å². The average molecular weight is 324 g/mol. The SMILES string of the molecule is O=C1c2ccccc2N/C(=N/N=Cc2cccs2)[C@@H]2CCCN12. The molecule has 2 aliphatic heterocycles. The number of thiophene rings is 1. The molecule has 0 aliphatic carbocycles. The van der Waals surface area contributed by atoms with E-state index in [1.54, 1.807) is 17.6 Å². The number of rotatable bonds is 2.